The summed E-state index contributed by atoms with van der Waals surface area (Å²) >= 11 is 3.41. The van der Waals surface area contributed by atoms with E-state index in [-0.39, 0.29) is 5.97 Å². The number of halogens is 1. The zero-order valence-corrected chi connectivity index (χ0v) is 12.6. The highest BCUT2D eigenvalue weighted by Gasteiger charge is 2.02. The van der Waals surface area contributed by atoms with Crippen molar-refractivity contribution in [1.29, 1.82) is 0 Å². The number of hydrogen-bond donors (Lipinski definition) is 0. The van der Waals surface area contributed by atoms with Gasteiger partial charge in [-0.25, -0.2) is 4.79 Å². The molecule has 0 saturated carbocycles. The van der Waals surface area contributed by atoms with E-state index in [1.54, 1.807) is 12.1 Å². The molecule has 2 rings (SSSR count). The Kier molecular flexibility index (Phi) is 4.97. The van der Waals surface area contributed by atoms with Gasteiger partial charge in [-0.15, -0.1) is 0 Å². The summed E-state index contributed by atoms with van der Waals surface area (Å²) in [5.41, 5.74) is 3.58. The van der Waals surface area contributed by atoms with Crippen LogP contribution in [0.15, 0.2) is 48.5 Å². The number of methoxy groups -OCH3 is 1. The van der Waals surface area contributed by atoms with Gasteiger partial charge in [-0.3, -0.25) is 0 Å². The van der Waals surface area contributed by atoms with Gasteiger partial charge in [-0.1, -0.05) is 39.9 Å². The van der Waals surface area contributed by atoms with Crippen LogP contribution in [0.25, 0.3) is 0 Å². The molecule has 20 heavy (non-hydrogen) atoms. The second-order valence-electron chi connectivity index (χ2n) is 4.15. The van der Waals surface area contributed by atoms with Gasteiger partial charge < -0.3 is 4.74 Å². The molecule has 2 nitrogen and oxygen atoms in total. The molecule has 0 bridgehead atoms. The van der Waals surface area contributed by atoms with Crippen LogP contribution in [0.4, 0.5) is 0 Å². The number of esters is 1. The van der Waals surface area contributed by atoms with E-state index in [1.807, 2.05) is 36.4 Å². The quantitative estimate of drug-likeness (QED) is 0.476. The Balaban J connectivity index is 2.13. The number of carbonyl (C=O) groups excluding carboxylic acids is 1. The molecule has 0 atom stereocenters. The minimum absolute atomic E-state index is 0.338. The second-order valence-corrected chi connectivity index (χ2v) is 4.71. The molecule has 0 unspecified atom stereocenters. The van der Waals surface area contributed by atoms with E-state index in [1.165, 1.54) is 12.7 Å². The molecular formula is C17H13BrO2. The number of alkyl halides is 1. The lowest BCUT2D eigenvalue weighted by Crippen LogP contribution is -2.00. The molecule has 2 aromatic rings. The maximum atomic E-state index is 11.3. The fourth-order valence-corrected chi connectivity index (χ4v) is 2.00. The zero-order chi connectivity index (χ0) is 14.4. The molecule has 100 valence electrons. The third-order valence-corrected chi connectivity index (χ3v) is 3.41. The number of ether oxygens (including phenoxy) is 1. The minimum Gasteiger partial charge on any atom is -0.465 e. The van der Waals surface area contributed by atoms with Gasteiger partial charge in [0.05, 0.1) is 12.7 Å². The first-order chi connectivity index (χ1) is 9.72. The van der Waals surface area contributed by atoms with Crippen LogP contribution in [-0.4, -0.2) is 13.1 Å². The third-order valence-electron chi connectivity index (χ3n) is 2.77. The van der Waals surface area contributed by atoms with Gasteiger partial charge in [0, 0.05) is 16.5 Å². The zero-order valence-electron chi connectivity index (χ0n) is 11.0. The van der Waals surface area contributed by atoms with Gasteiger partial charge in [0.1, 0.15) is 0 Å². The van der Waals surface area contributed by atoms with E-state index in [0.717, 1.165) is 16.5 Å². The van der Waals surface area contributed by atoms with Gasteiger partial charge in [-0.2, -0.15) is 0 Å². The Labute approximate surface area is 126 Å². The predicted octanol–water partition coefficient (Wildman–Crippen LogP) is 3.77. The summed E-state index contributed by atoms with van der Waals surface area (Å²) in [6.07, 6.45) is 0. The summed E-state index contributed by atoms with van der Waals surface area (Å²) in [6.45, 7) is 0. The Hall–Kier alpha value is -2.05. The van der Waals surface area contributed by atoms with Gasteiger partial charge in [0.2, 0.25) is 0 Å². The van der Waals surface area contributed by atoms with E-state index in [9.17, 15) is 4.79 Å². The fourth-order valence-electron chi connectivity index (χ4n) is 1.63. The van der Waals surface area contributed by atoms with Crippen molar-refractivity contribution in [2.45, 2.75) is 5.33 Å². The highest BCUT2D eigenvalue weighted by atomic mass is 79.9. The molecule has 0 spiro atoms. The van der Waals surface area contributed by atoms with Gasteiger partial charge >= 0.3 is 5.97 Å². The summed E-state index contributed by atoms with van der Waals surface area (Å²) in [5.74, 6) is 5.82. The summed E-state index contributed by atoms with van der Waals surface area (Å²) in [4.78, 5) is 11.3. The fraction of sp³-hybridized carbons (Fsp3) is 0.118. The highest BCUT2D eigenvalue weighted by molar-refractivity contribution is 9.08. The average Bonchev–Trinajstić information content (AvgIpc) is 2.53. The van der Waals surface area contributed by atoms with Crippen LogP contribution in [0.1, 0.15) is 27.0 Å². The first-order valence-corrected chi connectivity index (χ1v) is 7.20. The van der Waals surface area contributed by atoms with Crippen LogP contribution in [0, 0.1) is 11.8 Å². The van der Waals surface area contributed by atoms with E-state index in [0.29, 0.717) is 5.56 Å². The van der Waals surface area contributed by atoms with Gasteiger partial charge in [0.25, 0.3) is 0 Å². The summed E-state index contributed by atoms with van der Waals surface area (Å²) in [7, 11) is 1.37. The third kappa shape index (κ3) is 3.72. The van der Waals surface area contributed by atoms with Crippen molar-refractivity contribution >= 4 is 21.9 Å². The Bertz CT molecular complexity index is 646. The van der Waals surface area contributed by atoms with Crippen molar-refractivity contribution in [3.05, 3.63) is 70.8 Å². The highest BCUT2D eigenvalue weighted by Crippen LogP contribution is 2.08. The smallest absolute Gasteiger partial charge is 0.337 e. The molecule has 0 amide bonds. The van der Waals surface area contributed by atoms with Crippen molar-refractivity contribution in [1.82, 2.24) is 0 Å². The topological polar surface area (TPSA) is 26.3 Å². The summed E-state index contributed by atoms with van der Waals surface area (Å²) < 4.78 is 4.65. The van der Waals surface area contributed by atoms with Gasteiger partial charge in [-0.05, 0) is 42.0 Å². The van der Waals surface area contributed by atoms with Crippen molar-refractivity contribution in [2.24, 2.45) is 0 Å². The number of benzene rings is 2. The molecule has 0 aromatic heterocycles. The van der Waals surface area contributed by atoms with Crippen molar-refractivity contribution in [3.63, 3.8) is 0 Å². The van der Waals surface area contributed by atoms with Crippen LogP contribution in [0.2, 0.25) is 0 Å². The van der Waals surface area contributed by atoms with E-state index >= 15 is 0 Å². The number of hydrogen-bond acceptors (Lipinski definition) is 2. The lowest BCUT2D eigenvalue weighted by Gasteiger charge is -1.98. The standard InChI is InChI=1S/C17H13BrO2/c1-20-17(19)16-10-8-14(9-11-16)3-2-13-4-6-15(12-18)7-5-13/h4-11H,12H2,1H3. The Morgan fingerprint density at radius 2 is 1.50 bits per heavy atom. The summed E-state index contributed by atoms with van der Waals surface area (Å²) in [6, 6.07) is 15.1. The molecular weight excluding hydrogens is 316 g/mol. The largest absolute Gasteiger partial charge is 0.465 e. The average molecular weight is 329 g/mol. The minimum atomic E-state index is -0.338. The van der Waals surface area contributed by atoms with E-state index in [2.05, 4.69) is 32.5 Å². The Morgan fingerprint density at radius 3 is 1.95 bits per heavy atom. The predicted molar refractivity (Wildman–Crippen MR) is 82.8 cm³/mol. The SMILES string of the molecule is COC(=O)c1ccc(C#Cc2ccc(CBr)cc2)cc1. The lowest BCUT2D eigenvalue weighted by molar-refractivity contribution is 0.0601. The van der Waals surface area contributed by atoms with Crippen molar-refractivity contribution in [3.8, 4) is 11.8 Å². The number of rotatable bonds is 2. The van der Waals surface area contributed by atoms with Crippen LogP contribution < -0.4 is 0 Å². The molecule has 0 aliphatic heterocycles. The molecule has 3 heteroatoms. The van der Waals surface area contributed by atoms with Crippen LogP contribution in [0.5, 0.6) is 0 Å². The van der Waals surface area contributed by atoms with Crippen molar-refractivity contribution < 1.29 is 9.53 Å². The maximum Gasteiger partial charge on any atom is 0.337 e. The molecule has 2 aromatic carbocycles. The first-order valence-electron chi connectivity index (χ1n) is 6.08. The normalized spacial score (nSPS) is 9.50. The van der Waals surface area contributed by atoms with E-state index in [4.69, 9.17) is 0 Å². The molecule has 0 saturated heterocycles. The lowest BCUT2D eigenvalue weighted by atomic mass is 10.1. The first kappa shape index (κ1) is 14.4. The van der Waals surface area contributed by atoms with E-state index < -0.39 is 0 Å². The number of carbonyl (C=O) groups is 1. The second kappa shape index (κ2) is 6.93. The molecule has 0 aliphatic rings. The molecule has 0 heterocycles. The summed E-state index contributed by atoms with van der Waals surface area (Å²) in [5, 5.41) is 0.843. The van der Waals surface area contributed by atoms with Crippen LogP contribution >= 0.6 is 15.9 Å². The van der Waals surface area contributed by atoms with Crippen molar-refractivity contribution in [2.75, 3.05) is 7.11 Å². The molecule has 0 fully saturated rings. The molecule has 0 N–H and O–H groups in total. The van der Waals surface area contributed by atoms with Crippen LogP contribution in [0.3, 0.4) is 0 Å². The Morgan fingerprint density at radius 1 is 1.00 bits per heavy atom. The molecule has 0 radical (unpaired) electrons. The maximum absolute atomic E-state index is 11.3. The monoisotopic (exact) mass is 328 g/mol. The van der Waals surface area contributed by atoms with Gasteiger partial charge in [0.15, 0.2) is 0 Å². The van der Waals surface area contributed by atoms with Crippen LogP contribution in [-0.2, 0) is 10.1 Å². The molecule has 0 aliphatic carbocycles.